The van der Waals surface area contributed by atoms with E-state index in [4.69, 9.17) is 10.5 Å². The number of thioether (sulfide) groups is 1. The first-order chi connectivity index (χ1) is 7.51. The van der Waals surface area contributed by atoms with Gasteiger partial charge in [0.15, 0.2) is 0 Å². The van der Waals surface area contributed by atoms with Crippen LogP contribution in [0.15, 0.2) is 0 Å². The fourth-order valence-corrected chi connectivity index (χ4v) is 3.53. The second-order valence-electron chi connectivity index (χ2n) is 4.60. The number of esters is 1. The lowest BCUT2D eigenvalue weighted by molar-refractivity contribution is -0.149. The Labute approximate surface area is 102 Å². The van der Waals surface area contributed by atoms with Crippen LogP contribution in [0.3, 0.4) is 0 Å². The number of rotatable bonds is 5. The second-order valence-corrected chi connectivity index (χ2v) is 6.34. The maximum absolute atomic E-state index is 11.7. The van der Waals surface area contributed by atoms with Gasteiger partial charge in [0, 0.05) is 10.5 Å². The van der Waals surface area contributed by atoms with Crippen molar-refractivity contribution in [1.29, 1.82) is 0 Å². The van der Waals surface area contributed by atoms with Gasteiger partial charge in [0.2, 0.25) is 0 Å². The van der Waals surface area contributed by atoms with Gasteiger partial charge in [0.1, 0.15) is 5.54 Å². The lowest BCUT2D eigenvalue weighted by Gasteiger charge is -2.22. The Bertz CT molecular complexity index is 247. The summed E-state index contributed by atoms with van der Waals surface area (Å²) in [4.78, 5) is 11.7. The van der Waals surface area contributed by atoms with E-state index in [0.717, 1.165) is 25.7 Å². The summed E-state index contributed by atoms with van der Waals surface area (Å²) < 4.78 is 5.04. The predicted octanol–water partition coefficient (Wildman–Crippen LogP) is 2.33. The van der Waals surface area contributed by atoms with Gasteiger partial charge in [-0.25, -0.2) is 0 Å². The summed E-state index contributed by atoms with van der Waals surface area (Å²) in [5, 5.41) is 1.17. The SMILES string of the molecule is CCOC(=O)C1(N)CCC(SC(C)CC)C1. The van der Waals surface area contributed by atoms with E-state index < -0.39 is 5.54 Å². The quantitative estimate of drug-likeness (QED) is 0.755. The molecule has 0 amide bonds. The minimum atomic E-state index is -0.721. The first-order valence-electron chi connectivity index (χ1n) is 6.13. The average Bonchev–Trinajstić information content (AvgIpc) is 2.62. The molecule has 0 aromatic carbocycles. The molecule has 1 saturated carbocycles. The summed E-state index contributed by atoms with van der Waals surface area (Å²) in [6, 6.07) is 0. The molecular weight excluding hydrogens is 222 g/mol. The fourth-order valence-electron chi connectivity index (χ4n) is 2.03. The number of carbonyl (C=O) groups is 1. The van der Waals surface area contributed by atoms with Crippen molar-refractivity contribution in [3.8, 4) is 0 Å². The van der Waals surface area contributed by atoms with Crippen LogP contribution in [0.25, 0.3) is 0 Å². The van der Waals surface area contributed by atoms with Crippen LogP contribution in [0.4, 0.5) is 0 Å². The van der Waals surface area contributed by atoms with E-state index in [1.165, 1.54) is 0 Å². The van der Waals surface area contributed by atoms with Crippen molar-refractivity contribution < 1.29 is 9.53 Å². The van der Waals surface area contributed by atoms with Crippen LogP contribution in [0.2, 0.25) is 0 Å². The Morgan fingerprint density at radius 2 is 2.31 bits per heavy atom. The van der Waals surface area contributed by atoms with Gasteiger partial charge in [-0.3, -0.25) is 4.79 Å². The average molecular weight is 245 g/mol. The third kappa shape index (κ3) is 3.39. The molecule has 0 saturated heterocycles. The van der Waals surface area contributed by atoms with Gasteiger partial charge in [-0.15, -0.1) is 0 Å². The number of carbonyl (C=O) groups excluding carboxylic acids is 1. The minimum Gasteiger partial charge on any atom is -0.465 e. The van der Waals surface area contributed by atoms with Crippen molar-refractivity contribution in [3.63, 3.8) is 0 Å². The molecule has 0 bridgehead atoms. The fraction of sp³-hybridized carbons (Fsp3) is 0.917. The molecular formula is C12H23NO2S. The molecule has 3 atom stereocenters. The first-order valence-corrected chi connectivity index (χ1v) is 7.07. The standard InChI is InChI=1S/C12H23NO2S/c1-4-9(3)16-10-6-7-12(13,8-10)11(14)15-5-2/h9-10H,4-8,13H2,1-3H3. The maximum atomic E-state index is 11.7. The summed E-state index contributed by atoms with van der Waals surface area (Å²) in [6.45, 7) is 6.65. The van der Waals surface area contributed by atoms with Crippen molar-refractivity contribution in [2.24, 2.45) is 5.73 Å². The molecule has 3 nitrogen and oxygen atoms in total. The zero-order valence-corrected chi connectivity index (χ0v) is 11.3. The molecule has 1 fully saturated rings. The Balaban J connectivity index is 2.47. The molecule has 0 aliphatic heterocycles. The number of hydrogen-bond donors (Lipinski definition) is 1. The summed E-state index contributed by atoms with van der Waals surface area (Å²) >= 11 is 1.96. The molecule has 94 valence electrons. The molecule has 0 aromatic rings. The van der Waals surface area contributed by atoms with Crippen molar-refractivity contribution in [1.82, 2.24) is 0 Å². The molecule has 1 rings (SSSR count). The highest BCUT2D eigenvalue weighted by Crippen LogP contribution is 2.38. The monoisotopic (exact) mass is 245 g/mol. The van der Waals surface area contributed by atoms with Crippen LogP contribution in [0.5, 0.6) is 0 Å². The van der Waals surface area contributed by atoms with Gasteiger partial charge in [-0.2, -0.15) is 11.8 Å². The molecule has 4 heteroatoms. The summed E-state index contributed by atoms with van der Waals surface area (Å²) in [5.41, 5.74) is 5.39. The van der Waals surface area contributed by atoms with Crippen LogP contribution in [0, 0.1) is 0 Å². The van der Waals surface area contributed by atoms with Crippen LogP contribution in [-0.4, -0.2) is 28.6 Å². The molecule has 1 aliphatic carbocycles. The topological polar surface area (TPSA) is 52.3 Å². The molecule has 0 aromatic heterocycles. The Morgan fingerprint density at radius 3 is 2.88 bits per heavy atom. The van der Waals surface area contributed by atoms with Crippen LogP contribution < -0.4 is 5.73 Å². The molecule has 0 heterocycles. The number of nitrogens with two attached hydrogens (primary N) is 1. The van der Waals surface area contributed by atoms with E-state index in [2.05, 4.69) is 13.8 Å². The minimum absolute atomic E-state index is 0.220. The third-order valence-corrected chi connectivity index (χ3v) is 4.77. The molecule has 1 aliphatic rings. The Kier molecular flexibility index (Phi) is 5.12. The van der Waals surface area contributed by atoms with E-state index >= 15 is 0 Å². The summed E-state index contributed by atoms with van der Waals surface area (Å²) in [5.74, 6) is -0.220. The Morgan fingerprint density at radius 1 is 1.62 bits per heavy atom. The zero-order chi connectivity index (χ0) is 12.2. The molecule has 2 N–H and O–H groups in total. The van der Waals surface area contributed by atoms with E-state index in [-0.39, 0.29) is 5.97 Å². The predicted molar refractivity (Wildman–Crippen MR) is 68.5 cm³/mol. The highest BCUT2D eigenvalue weighted by atomic mass is 32.2. The van der Waals surface area contributed by atoms with Gasteiger partial charge in [0.05, 0.1) is 6.61 Å². The zero-order valence-electron chi connectivity index (χ0n) is 10.5. The molecule has 0 radical (unpaired) electrons. The van der Waals surface area contributed by atoms with Gasteiger partial charge in [0.25, 0.3) is 0 Å². The van der Waals surface area contributed by atoms with E-state index in [1.54, 1.807) is 0 Å². The molecule has 3 unspecified atom stereocenters. The highest BCUT2D eigenvalue weighted by Gasteiger charge is 2.43. The van der Waals surface area contributed by atoms with Crippen LogP contribution in [-0.2, 0) is 9.53 Å². The van der Waals surface area contributed by atoms with E-state index in [1.807, 2.05) is 18.7 Å². The highest BCUT2D eigenvalue weighted by molar-refractivity contribution is 8.00. The van der Waals surface area contributed by atoms with Crippen molar-refractivity contribution >= 4 is 17.7 Å². The van der Waals surface area contributed by atoms with Gasteiger partial charge < -0.3 is 10.5 Å². The van der Waals surface area contributed by atoms with Crippen molar-refractivity contribution in [3.05, 3.63) is 0 Å². The second kappa shape index (κ2) is 5.92. The number of ether oxygens (including phenoxy) is 1. The lowest BCUT2D eigenvalue weighted by Crippen LogP contribution is -2.47. The smallest absolute Gasteiger partial charge is 0.326 e. The lowest BCUT2D eigenvalue weighted by atomic mass is 10.00. The summed E-state index contributed by atoms with van der Waals surface area (Å²) in [7, 11) is 0. The van der Waals surface area contributed by atoms with Gasteiger partial charge >= 0.3 is 5.97 Å². The maximum Gasteiger partial charge on any atom is 0.326 e. The van der Waals surface area contributed by atoms with E-state index in [0.29, 0.717) is 17.1 Å². The normalized spacial score (nSPS) is 31.4. The Hall–Kier alpha value is -0.220. The third-order valence-electron chi connectivity index (χ3n) is 3.19. The molecule has 0 spiro atoms. The van der Waals surface area contributed by atoms with E-state index in [9.17, 15) is 4.79 Å². The largest absolute Gasteiger partial charge is 0.465 e. The van der Waals surface area contributed by atoms with Crippen molar-refractivity contribution in [2.75, 3.05) is 6.61 Å². The molecule has 16 heavy (non-hydrogen) atoms. The van der Waals surface area contributed by atoms with Crippen LogP contribution in [0.1, 0.15) is 46.5 Å². The van der Waals surface area contributed by atoms with Crippen molar-refractivity contribution in [2.45, 2.75) is 62.5 Å². The van der Waals surface area contributed by atoms with Gasteiger partial charge in [-0.05, 0) is 32.6 Å². The van der Waals surface area contributed by atoms with Gasteiger partial charge in [-0.1, -0.05) is 13.8 Å². The first kappa shape index (κ1) is 13.8. The summed E-state index contributed by atoms with van der Waals surface area (Å²) in [6.07, 6.45) is 3.73. The van der Waals surface area contributed by atoms with Crippen LogP contribution >= 0.6 is 11.8 Å². The number of hydrogen-bond acceptors (Lipinski definition) is 4.